The van der Waals surface area contributed by atoms with Crippen molar-refractivity contribution in [1.29, 1.82) is 0 Å². The number of aromatic nitrogens is 2. The first-order valence-electron chi connectivity index (χ1n) is 12.3. The number of para-hydroxylation sites is 2. The SMILES string of the molecule is CC(=O)[O-].Cc1cccc(C=Nc2ccccc2CCc2ccccc2N=Cc2cccc(C)n2)n1.[Ni+2].[O-][Cl+3]([O-])([O-])[O-]. The molecule has 0 amide bonds. The van der Waals surface area contributed by atoms with Crippen LogP contribution in [0, 0.1) is 24.1 Å². The molecule has 2 aromatic carbocycles. The van der Waals surface area contributed by atoms with Crippen molar-refractivity contribution in [2.45, 2.75) is 33.6 Å². The maximum Gasteiger partial charge on any atom is 2.00 e. The smallest absolute Gasteiger partial charge is 0.550 e. The Labute approximate surface area is 256 Å². The zero-order valence-electron chi connectivity index (χ0n) is 23.1. The fourth-order valence-corrected chi connectivity index (χ4v) is 3.51. The molecule has 0 N–H and O–H groups in total. The van der Waals surface area contributed by atoms with E-state index in [0.717, 1.165) is 53.9 Å². The van der Waals surface area contributed by atoms with Crippen molar-refractivity contribution in [3.05, 3.63) is 119 Å². The molecule has 4 aromatic rings. The minimum absolute atomic E-state index is 0. The van der Waals surface area contributed by atoms with Crippen LogP contribution in [-0.2, 0) is 34.1 Å². The second-order valence-electron chi connectivity index (χ2n) is 8.55. The molecule has 0 atom stereocenters. The van der Waals surface area contributed by atoms with Gasteiger partial charge >= 0.3 is 16.5 Å². The standard InChI is InChI=1S/C28H26N4.C2H4O2.ClHO4.Ni/c1-21-9-7-13-25(31-21)19-29-27-15-5-3-11-23(27)17-18-24-12-4-6-16-28(24)30-20-26-14-8-10-22(2)32-26;1-2(3)4;2-1(3,4)5;/h3-16,19-20H,17-18H2,1-2H3;1H3,(H,3,4);(H,2,3,4,5);/q;;;+2/p-2. The van der Waals surface area contributed by atoms with Gasteiger partial charge in [-0.05, 0) is 81.1 Å². The molecule has 0 aliphatic heterocycles. The molecule has 2 aromatic heterocycles. The van der Waals surface area contributed by atoms with Crippen LogP contribution in [0.25, 0.3) is 0 Å². The molecular formula is C30H29ClN4NiO6. The van der Waals surface area contributed by atoms with Crippen LogP contribution in [0.4, 0.5) is 11.4 Å². The number of carboxylic acid groups (broad SMARTS) is 1. The molecule has 4 rings (SSSR count). The Balaban J connectivity index is 0.000000774. The Kier molecular flexibility index (Phi) is 16.0. The average Bonchev–Trinajstić information content (AvgIpc) is 2.89. The maximum absolute atomic E-state index is 8.89. The third-order valence-corrected chi connectivity index (χ3v) is 5.14. The summed E-state index contributed by atoms with van der Waals surface area (Å²) in [6, 6.07) is 28.5. The summed E-state index contributed by atoms with van der Waals surface area (Å²) in [5.74, 6) is -1.08. The molecule has 0 unspecified atom stereocenters. The van der Waals surface area contributed by atoms with Crippen molar-refractivity contribution >= 4 is 29.8 Å². The number of hydrogen-bond acceptors (Lipinski definition) is 10. The van der Waals surface area contributed by atoms with E-state index in [2.05, 4.69) is 46.4 Å². The van der Waals surface area contributed by atoms with Crippen molar-refractivity contribution in [3.63, 3.8) is 0 Å². The Hall–Kier alpha value is -3.83. The maximum atomic E-state index is 8.89. The van der Waals surface area contributed by atoms with Gasteiger partial charge in [-0.3, -0.25) is 20.0 Å². The van der Waals surface area contributed by atoms with Crippen molar-refractivity contribution < 1.29 is 55.3 Å². The van der Waals surface area contributed by atoms with Gasteiger partial charge in [0.05, 0.1) is 35.2 Å². The minimum Gasteiger partial charge on any atom is -0.550 e. The minimum atomic E-state index is -4.94. The number of benzene rings is 2. The molecule has 42 heavy (non-hydrogen) atoms. The summed E-state index contributed by atoms with van der Waals surface area (Å²) in [6.45, 7) is 4.94. The Morgan fingerprint density at radius 1 is 0.690 bits per heavy atom. The summed E-state index contributed by atoms with van der Waals surface area (Å²) in [7, 11) is -4.94. The summed E-state index contributed by atoms with van der Waals surface area (Å²) < 4.78 is 34.0. The number of nitrogens with zero attached hydrogens (tertiary/aromatic N) is 4. The van der Waals surface area contributed by atoms with E-state index in [1.165, 1.54) is 11.1 Å². The van der Waals surface area contributed by atoms with Crippen LogP contribution < -0.4 is 23.7 Å². The van der Waals surface area contributed by atoms with Crippen LogP contribution in [0.1, 0.15) is 40.8 Å². The summed E-state index contributed by atoms with van der Waals surface area (Å²) in [5, 5.41) is 8.89. The number of pyridine rings is 2. The summed E-state index contributed by atoms with van der Waals surface area (Å²) in [4.78, 5) is 27.3. The van der Waals surface area contributed by atoms with Gasteiger partial charge in [-0.1, -0.05) is 48.5 Å². The summed E-state index contributed by atoms with van der Waals surface area (Å²) in [5.41, 5.74) is 8.06. The molecule has 0 saturated heterocycles. The molecule has 10 nitrogen and oxygen atoms in total. The largest absolute Gasteiger partial charge is 2.00 e. The number of halogens is 1. The van der Waals surface area contributed by atoms with Crippen LogP contribution >= 0.6 is 0 Å². The quantitative estimate of drug-likeness (QED) is 0.206. The Morgan fingerprint density at radius 3 is 1.36 bits per heavy atom. The van der Waals surface area contributed by atoms with Crippen LogP contribution in [-0.4, -0.2) is 28.4 Å². The Morgan fingerprint density at radius 2 is 1.02 bits per heavy atom. The predicted molar refractivity (Wildman–Crippen MR) is 143 cm³/mol. The van der Waals surface area contributed by atoms with Crippen LogP contribution in [0.2, 0.25) is 0 Å². The molecule has 0 spiro atoms. The summed E-state index contributed by atoms with van der Waals surface area (Å²) in [6.07, 6.45) is 5.42. The first-order valence-corrected chi connectivity index (χ1v) is 13.5. The topological polar surface area (TPSA) is 183 Å². The van der Waals surface area contributed by atoms with E-state index in [4.69, 9.17) is 38.5 Å². The molecule has 2 heterocycles. The second kappa shape index (κ2) is 18.6. The molecule has 0 fully saturated rings. The fraction of sp³-hybridized carbons (Fsp3) is 0.167. The molecule has 222 valence electrons. The van der Waals surface area contributed by atoms with Crippen molar-refractivity contribution in [2.75, 3.05) is 0 Å². The number of aliphatic carboxylic acids is 1. The van der Waals surface area contributed by atoms with Crippen LogP contribution in [0.15, 0.2) is 94.9 Å². The average molecular weight is 636 g/mol. The van der Waals surface area contributed by atoms with Crippen molar-refractivity contribution in [1.82, 2.24) is 9.97 Å². The number of carboxylic acids is 1. The normalized spacial score (nSPS) is 10.7. The second-order valence-corrected chi connectivity index (χ2v) is 9.31. The first-order chi connectivity index (χ1) is 19.4. The van der Waals surface area contributed by atoms with E-state index in [1.54, 1.807) is 0 Å². The molecule has 0 aliphatic carbocycles. The van der Waals surface area contributed by atoms with Gasteiger partial charge < -0.3 is 9.90 Å². The molecule has 0 aliphatic rings. The molecule has 0 radical (unpaired) electrons. The summed E-state index contributed by atoms with van der Waals surface area (Å²) >= 11 is 0. The van der Waals surface area contributed by atoms with E-state index in [-0.39, 0.29) is 16.5 Å². The number of aryl methyl sites for hydroxylation is 4. The van der Waals surface area contributed by atoms with Gasteiger partial charge in [0, 0.05) is 17.4 Å². The monoisotopic (exact) mass is 634 g/mol. The van der Waals surface area contributed by atoms with E-state index in [0.29, 0.717) is 0 Å². The molecule has 0 bridgehead atoms. The van der Waals surface area contributed by atoms with Gasteiger partial charge in [0.2, 0.25) is 0 Å². The van der Waals surface area contributed by atoms with E-state index >= 15 is 0 Å². The van der Waals surface area contributed by atoms with Gasteiger partial charge in [-0.2, -0.15) is 0 Å². The van der Waals surface area contributed by atoms with Gasteiger partial charge in [0.15, 0.2) is 0 Å². The van der Waals surface area contributed by atoms with Gasteiger partial charge in [-0.15, -0.1) is 10.2 Å². The van der Waals surface area contributed by atoms with Gasteiger partial charge in [-0.25, -0.2) is 18.6 Å². The molecule has 0 saturated carbocycles. The third kappa shape index (κ3) is 15.8. The number of carbonyl (C=O) groups is 1. The zero-order valence-corrected chi connectivity index (χ0v) is 24.8. The van der Waals surface area contributed by atoms with E-state index < -0.39 is 16.2 Å². The van der Waals surface area contributed by atoms with Crippen molar-refractivity contribution in [2.24, 2.45) is 9.98 Å². The van der Waals surface area contributed by atoms with E-state index in [9.17, 15) is 0 Å². The Bertz CT molecular complexity index is 1370. The van der Waals surface area contributed by atoms with Crippen LogP contribution in [0.3, 0.4) is 0 Å². The number of carbonyl (C=O) groups excluding carboxylic acids is 1. The third-order valence-electron chi connectivity index (χ3n) is 5.14. The number of rotatable bonds is 7. The van der Waals surface area contributed by atoms with Crippen molar-refractivity contribution in [3.8, 4) is 0 Å². The van der Waals surface area contributed by atoms with E-state index in [1.807, 2.05) is 74.8 Å². The van der Waals surface area contributed by atoms with Gasteiger partial charge in [0.25, 0.3) is 0 Å². The predicted octanol–water partition coefficient (Wildman–Crippen LogP) is 0.378. The van der Waals surface area contributed by atoms with Crippen LogP contribution in [0.5, 0.6) is 0 Å². The van der Waals surface area contributed by atoms with Gasteiger partial charge in [0.1, 0.15) is 0 Å². The number of aliphatic imine (C=N–C) groups is 2. The zero-order chi connectivity index (χ0) is 30.3. The number of hydrogen-bond donors (Lipinski definition) is 0. The molecule has 12 heteroatoms. The molecular weight excluding hydrogens is 606 g/mol. The first kappa shape index (κ1) is 36.2. The fourth-order valence-electron chi connectivity index (χ4n) is 3.51.